The highest BCUT2D eigenvalue weighted by Gasteiger charge is 2.31. The molecule has 1 aliphatic carbocycles. The van der Waals surface area contributed by atoms with E-state index in [0.29, 0.717) is 5.56 Å². The van der Waals surface area contributed by atoms with Crippen LogP contribution < -0.4 is 4.72 Å². The molecule has 1 aromatic carbocycles. The number of nitrogens with one attached hydrogen (secondary N) is 1. The molecule has 0 radical (unpaired) electrons. The van der Waals surface area contributed by atoms with Gasteiger partial charge in [0.25, 0.3) is 10.0 Å². The van der Waals surface area contributed by atoms with Crippen LogP contribution in [0.3, 0.4) is 0 Å². The number of esters is 1. The van der Waals surface area contributed by atoms with Crippen molar-refractivity contribution in [3.05, 3.63) is 53.3 Å². The Labute approximate surface area is 147 Å². The van der Waals surface area contributed by atoms with Gasteiger partial charge in [0.15, 0.2) is 0 Å². The minimum absolute atomic E-state index is 0.111. The molecule has 1 fully saturated rings. The highest BCUT2D eigenvalue weighted by molar-refractivity contribution is 7.89. The number of hydrogen-bond donors (Lipinski definition) is 1. The Morgan fingerprint density at radius 3 is 2.38 bits per heavy atom. The van der Waals surface area contributed by atoms with E-state index in [1.807, 2.05) is 0 Å². The second-order valence-electron chi connectivity index (χ2n) is 5.79. The van der Waals surface area contributed by atoms with Crippen LogP contribution in [0.5, 0.6) is 0 Å². The quantitative estimate of drug-likeness (QED) is 0.768. The molecule has 0 amide bonds. The largest absolute Gasteiger partial charge is 0.455 e. The summed E-state index contributed by atoms with van der Waals surface area (Å²) in [5.74, 6) is -1.23. The topological polar surface area (TPSA) is 85.6 Å². The summed E-state index contributed by atoms with van der Waals surface area (Å²) in [5, 5.41) is -0.397. The molecule has 10 heteroatoms. The second-order valence-corrected chi connectivity index (χ2v) is 7.43. The number of sulfonamides is 1. The molecule has 0 spiro atoms. The van der Waals surface area contributed by atoms with E-state index in [4.69, 9.17) is 9.15 Å². The number of carbonyl (C=O) groups excluding carboxylic acids is 1. The summed E-state index contributed by atoms with van der Waals surface area (Å²) in [5.41, 5.74) is -0.460. The van der Waals surface area contributed by atoms with Crippen molar-refractivity contribution < 1.29 is 35.5 Å². The Hall–Kier alpha value is -2.33. The molecular weight excluding hydrogens is 375 g/mol. The lowest BCUT2D eigenvalue weighted by Gasteiger charge is -2.08. The van der Waals surface area contributed by atoms with Crippen LogP contribution in [0.15, 0.2) is 45.9 Å². The average Bonchev–Trinajstić information content (AvgIpc) is 3.22. The summed E-state index contributed by atoms with van der Waals surface area (Å²) >= 11 is 0. The third-order valence-corrected chi connectivity index (χ3v) is 4.99. The molecule has 0 bridgehead atoms. The van der Waals surface area contributed by atoms with Crippen molar-refractivity contribution in [1.29, 1.82) is 0 Å². The van der Waals surface area contributed by atoms with E-state index in [1.165, 1.54) is 12.1 Å². The Kier molecular flexibility index (Phi) is 4.80. The first kappa shape index (κ1) is 18.5. The summed E-state index contributed by atoms with van der Waals surface area (Å²) < 4.78 is 73.7. The number of halogens is 3. The smallest absolute Gasteiger partial charge is 0.416 e. The molecule has 1 aliphatic rings. The van der Waals surface area contributed by atoms with E-state index in [2.05, 4.69) is 4.72 Å². The highest BCUT2D eigenvalue weighted by Crippen LogP contribution is 2.29. The monoisotopic (exact) mass is 389 g/mol. The van der Waals surface area contributed by atoms with Gasteiger partial charge in [0.2, 0.25) is 10.9 Å². The first-order valence-corrected chi connectivity index (χ1v) is 9.09. The average molecular weight is 389 g/mol. The van der Waals surface area contributed by atoms with Crippen molar-refractivity contribution in [2.45, 2.75) is 36.8 Å². The Bertz CT molecular complexity index is 899. The molecule has 0 saturated heterocycles. The zero-order valence-corrected chi connectivity index (χ0v) is 14.1. The van der Waals surface area contributed by atoms with Crippen LogP contribution in [0.2, 0.25) is 0 Å². The van der Waals surface area contributed by atoms with Crippen molar-refractivity contribution in [2.75, 3.05) is 0 Å². The van der Waals surface area contributed by atoms with Crippen molar-refractivity contribution in [3.63, 3.8) is 0 Å². The third-order valence-electron chi connectivity index (χ3n) is 3.60. The first-order chi connectivity index (χ1) is 12.1. The van der Waals surface area contributed by atoms with Crippen LogP contribution >= 0.6 is 0 Å². The lowest BCUT2D eigenvalue weighted by Crippen LogP contribution is -2.25. The molecule has 6 nitrogen and oxygen atoms in total. The van der Waals surface area contributed by atoms with E-state index in [-0.39, 0.29) is 18.4 Å². The number of carbonyl (C=O) groups is 1. The zero-order chi connectivity index (χ0) is 18.9. The van der Waals surface area contributed by atoms with Crippen molar-refractivity contribution in [1.82, 2.24) is 4.72 Å². The maximum Gasteiger partial charge on any atom is 0.416 e. The molecule has 26 heavy (non-hydrogen) atoms. The molecular formula is C16H14F3NO5S. The van der Waals surface area contributed by atoms with Gasteiger partial charge in [-0.15, -0.1) is 0 Å². The molecule has 1 N–H and O–H groups in total. The summed E-state index contributed by atoms with van der Waals surface area (Å²) in [4.78, 5) is 11.9. The van der Waals surface area contributed by atoms with E-state index in [9.17, 15) is 26.4 Å². The number of ether oxygens (including phenoxy) is 1. The summed E-state index contributed by atoms with van der Waals surface area (Å²) in [6, 6.07) is 6.33. The maximum atomic E-state index is 12.5. The normalized spacial score (nSPS) is 15.0. The molecule has 1 saturated carbocycles. The van der Waals surface area contributed by atoms with Crippen LogP contribution in [0.25, 0.3) is 0 Å². The van der Waals surface area contributed by atoms with Crippen molar-refractivity contribution >= 4 is 16.0 Å². The minimum Gasteiger partial charge on any atom is -0.455 e. The highest BCUT2D eigenvalue weighted by atomic mass is 32.2. The number of alkyl halides is 3. The lowest BCUT2D eigenvalue weighted by atomic mass is 10.1. The van der Waals surface area contributed by atoms with Gasteiger partial charge >= 0.3 is 12.1 Å². The molecule has 1 heterocycles. The van der Waals surface area contributed by atoms with Gasteiger partial charge in [-0.2, -0.15) is 13.2 Å². The van der Waals surface area contributed by atoms with Gasteiger partial charge in [-0.05, 0) is 42.7 Å². The van der Waals surface area contributed by atoms with E-state index < -0.39 is 32.8 Å². The van der Waals surface area contributed by atoms with Gasteiger partial charge in [-0.3, -0.25) is 0 Å². The summed E-state index contributed by atoms with van der Waals surface area (Å²) in [6.07, 6.45) is -2.94. The van der Waals surface area contributed by atoms with Gasteiger partial charge in [0, 0.05) is 6.04 Å². The predicted molar refractivity (Wildman–Crippen MR) is 82.6 cm³/mol. The van der Waals surface area contributed by atoms with Crippen LogP contribution in [-0.4, -0.2) is 20.4 Å². The molecule has 0 atom stereocenters. The third kappa shape index (κ3) is 4.44. The maximum absolute atomic E-state index is 12.5. The first-order valence-electron chi connectivity index (χ1n) is 7.60. The number of rotatable bonds is 6. The SMILES string of the molecule is O=C(OCc1ccc(C(F)(F)F)cc1)c1ccc(S(=O)(=O)NC2CC2)o1. The molecule has 0 aliphatic heterocycles. The zero-order valence-electron chi connectivity index (χ0n) is 13.2. The number of hydrogen-bond acceptors (Lipinski definition) is 5. The molecule has 2 aromatic rings. The molecule has 3 rings (SSSR count). The van der Waals surface area contributed by atoms with Crippen LogP contribution in [0, 0.1) is 0 Å². The fraction of sp³-hybridized carbons (Fsp3) is 0.312. The summed E-state index contributed by atoms with van der Waals surface area (Å²) in [7, 11) is -3.83. The van der Waals surface area contributed by atoms with E-state index in [1.54, 1.807) is 0 Å². The van der Waals surface area contributed by atoms with Gasteiger partial charge in [0.05, 0.1) is 5.56 Å². The Morgan fingerprint density at radius 2 is 1.81 bits per heavy atom. The van der Waals surface area contributed by atoms with E-state index >= 15 is 0 Å². The predicted octanol–water partition coefficient (Wildman–Crippen LogP) is 3.10. The Balaban J connectivity index is 1.60. The van der Waals surface area contributed by atoms with Gasteiger partial charge in [-0.1, -0.05) is 12.1 Å². The second kappa shape index (κ2) is 6.76. The fourth-order valence-electron chi connectivity index (χ4n) is 2.06. The van der Waals surface area contributed by atoms with Gasteiger partial charge < -0.3 is 9.15 Å². The Morgan fingerprint density at radius 1 is 1.15 bits per heavy atom. The van der Waals surface area contributed by atoms with E-state index in [0.717, 1.165) is 37.1 Å². The van der Waals surface area contributed by atoms with Gasteiger partial charge in [-0.25, -0.2) is 17.9 Å². The van der Waals surface area contributed by atoms with Crippen molar-refractivity contribution in [2.24, 2.45) is 0 Å². The summed E-state index contributed by atoms with van der Waals surface area (Å²) in [6.45, 7) is -0.278. The van der Waals surface area contributed by atoms with Crippen LogP contribution in [-0.2, 0) is 27.5 Å². The van der Waals surface area contributed by atoms with Crippen LogP contribution in [0.1, 0.15) is 34.5 Å². The molecule has 1 aromatic heterocycles. The van der Waals surface area contributed by atoms with Crippen LogP contribution in [0.4, 0.5) is 13.2 Å². The van der Waals surface area contributed by atoms with Gasteiger partial charge in [0.1, 0.15) is 6.61 Å². The van der Waals surface area contributed by atoms with Crippen molar-refractivity contribution in [3.8, 4) is 0 Å². The minimum atomic E-state index is -4.44. The lowest BCUT2D eigenvalue weighted by molar-refractivity contribution is -0.137. The fourth-order valence-corrected chi connectivity index (χ4v) is 3.30. The molecule has 140 valence electrons. The number of benzene rings is 1. The number of furan rings is 1. The molecule has 0 unspecified atom stereocenters. The standard InChI is InChI=1S/C16H14F3NO5S/c17-16(18,19)11-3-1-10(2-4-11)9-24-15(21)13-7-8-14(25-13)26(22,23)20-12-5-6-12/h1-4,7-8,12,20H,5-6,9H2.